The maximum atomic E-state index is 13.2. The quantitative estimate of drug-likeness (QED) is 0.464. The lowest BCUT2D eigenvalue weighted by molar-refractivity contribution is -0.128. The fourth-order valence-corrected chi connectivity index (χ4v) is 3.93. The number of nitrogens with one attached hydrogen (secondary N) is 4. The van der Waals surface area contributed by atoms with E-state index in [2.05, 4.69) is 25.9 Å². The zero-order chi connectivity index (χ0) is 26.7. The average Bonchev–Trinajstić information content (AvgIpc) is 3.23. The average molecular weight is 471 g/mol. The summed E-state index contributed by atoms with van der Waals surface area (Å²) in [5.41, 5.74) is 0.566. The van der Waals surface area contributed by atoms with Crippen molar-refractivity contribution in [3.8, 4) is 11.9 Å². The van der Waals surface area contributed by atoms with E-state index in [1.807, 2.05) is 26.8 Å². The van der Waals surface area contributed by atoms with Gasteiger partial charge >= 0.3 is 0 Å². The highest BCUT2D eigenvalue weighted by Crippen LogP contribution is 2.25. The second-order valence-electron chi connectivity index (χ2n) is 9.58. The van der Waals surface area contributed by atoms with E-state index >= 15 is 0 Å². The second kappa shape index (κ2) is 10.5. The van der Waals surface area contributed by atoms with Crippen LogP contribution in [-0.2, 0) is 9.59 Å². The number of piperidine rings is 1. The minimum absolute atomic E-state index is 0.0507. The van der Waals surface area contributed by atoms with Gasteiger partial charge in [-0.15, -0.1) is 0 Å². The Labute approximate surface area is 201 Å². The smallest absolute Gasteiger partial charge is 0.268 e. The minimum atomic E-state index is -1.77. The Hall–Kier alpha value is -3.61. The molecule has 34 heavy (non-hydrogen) atoms. The Kier molecular flexibility index (Phi) is 6.89. The molecule has 2 aromatic heterocycles. The van der Waals surface area contributed by atoms with Crippen molar-refractivity contribution in [2.45, 2.75) is 58.5 Å². The Morgan fingerprint density at radius 2 is 2.18 bits per heavy atom. The second-order valence-corrected chi connectivity index (χ2v) is 9.58. The predicted molar refractivity (Wildman–Crippen MR) is 126 cm³/mol. The lowest BCUT2D eigenvalue weighted by atomic mass is 9.87. The molecule has 0 bridgehead atoms. The molecule has 3 atom stereocenters. The molecule has 0 aromatic carbocycles. The van der Waals surface area contributed by atoms with Crippen LogP contribution >= 0.6 is 0 Å². The first-order valence-corrected chi connectivity index (χ1v) is 11.2. The number of hydrogen-bond acceptors (Lipinski definition) is 6. The number of methoxy groups -OCH3 is 1. The normalized spacial score (nSPS) is 20.2. The summed E-state index contributed by atoms with van der Waals surface area (Å²) in [7, 11) is 1.48. The van der Waals surface area contributed by atoms with Crippen LogP contribution in [0.15, 0.2) is 18.3 Å². The van der Waals surface area contributed by atoms with Gasteiger partial charge in [0.15, 0.2) is 0 Å². The van der Waals surface area contributed by atoms with E-state index in [1.54, 1.807) is 18.3 Å². The van der Waals surface area contributed by atoms with Gasteiger partial charge in [0, 0.05) is 21.4 Å². The maximum absolute atomic E-state index is 13.2. The van der Waals surface area contributed by atoms with E-state index in [-0.39, 0.29) is 30.4 Å². The van der Waals surface area contributed by atoms with E-state index in [0.29, 0.717) is 23.2 Å². The van der Waals surface area contributed by atoms with Crippen LogP contribution in [0.4, 0.5) is 0 Å². The minimum Gasteiger partial charge on any atom is -0.481 e. The highest BCUT2D eigenvalue weighted by Gasteiger charge is 2.31. The number of aromatic nitrogens is 2. The summed E-state index contributed by atoms with van der Waals surface area (Å²) in [6.45, 7) is 4.02. The van der Waals surface area contributed by atoms with E-state index in [0.717, 1.165) is 0 Å². The summed E-state index contributed by atoms with van der Waals surface area (Å²) in [5.74, 6) is -1.75. The predicted octanol–water partition coefficient (Wildman–Crippen LogP) is 2.03. The molecular weight excluding hydrogens is 436 g/mol. The third kappa shape index (κ3) is 6.25. The van der Waals surface area contributed by atoms with E-state index in [9.17, 15) is 19.6 Å². The van der Waals surface area contributed by atoms with Crippen molar-refractivity contribution in [2.75, 3.05) is 13.6 Å². The molecule has 3 rings (SSSR count). The van der Waals surface area contributed by atoms with Crippen molar-refractivity contribution in [1.82, 2.24) is 25.9 Å². The van der Waals surface area contributed by atoms with Crippen LogP contribution in [0, 0.1) is 22.7 Å². The molecule has 3 heterocycles. The first-order chi connectivity index (χ1) is 16.8. The summed E-state index contributed by atoms with van der Waals surface area (Å²) < 4.78 is 20.6. The third-order valence-electron chi connectivity index (χ3n) is 5.58. The molecule has 182 valence electrons. The number of ether oxygens (including phenoxy) is 1. The molecule has 1 aliphatic heterocycles. The number of aromatic amines is 1. The molecule has 0 saturated carbocycles. The van der Waals surface area contributed by atoms with Gasteiger partial charge in [-0.05, 0) is 43.2 Å². The van der Waals surface area contributed by atoms with Crippen LogP contribution in [0.5, 0.6) is 5.88 Å². The van der Waals surface area contributed by atoms with Crippen molar-refractivity contribution in [3.05, 3.63) is 24.0 Å². The SMILES string of the molecule is [2H]C1([2H])CC[C@@H](C[C@@H](C#N)NC(=O)[C@H](CC(C)(C)C)NC(=O)c2cc3c(OC)nccc3[nH]2)C(=O)N1. The van der Waals surface area contributed by atoms with Crippen molar-refractivity contribution in [1.29, 1.82) is 5.26 Å². The summed E-state index contributed by atoms with van der Waals surface area (Å²) >= 11 is 0. The Morgan fingerprint density at radius 1 is 1.41 bits per heavy atom. The largest absolute Gasteiger partial charge is 0.481 e. The molecule has 1 saturated heterocycles. The van der Waals surface area contributed by atoms with Gasteiger partial charge in [-0.25, -0.2) is 4.98 Å². The number of pyridine rings is 1. The number of nitriles is 1. The van der Waals surface area contributed by atoms with Gasteiger partial charge in [0.25, 0.3) is 5.91 Å². The van der Waals surface area contributed by atoms with Crippen molar-refractivity contribution < 1.29 is 21.9 Å². The van der Waals surface area contributed by atoms with Gasteiger partial charge in [0.1, 0.15) is 17.8 Å². The van der Waals surface area contributed by atoms with Crippen molar-refractivity contribution in [2.24, 2.45) is 11.3 Å². The first kappa shape index (κ1) is 22.2. The summed E-state index contributed by atoms with van der Waals surface area (Å²) in [6.07, 6.45) is 2.31. The molecule has 10 heteroatoms. The fourth-order valence-electron chi connectivity index (χ4n) is 3.93. The molecule has 3 amide bonds. The highest BCUT2D eigenvalue weighted by atomic mass is 16.5. The molecule has 10 nitrogen and oxygen atoms in total. The number of fused-ring (bicyclic) bond motifs is 1. The van der Waals surface area contributed by atoms with Crippen LogP contribution in [-0.4, -0.2) is 53.4 Å². The summed E-state index contributed by atoms with van der Waals surface area (Å²) in [6, 6.07) is 3.41. The molecular formula is C24H32N6O4. The molecule has 2 aromatic rings. The number of H-pyrrole nitrogens is 1. The van der Waals surface area contributed by atoms with Gasteiger partial charge in [0.05, 0.1) is 24.1 Å². The van der Waals surface area contributed by atoms with Gasteiger partial charge in [0.2, 0.25) is 17.7 Å². The maximum Gasteiger partial charge on any atom is 0.268 e. The Bertz CT molecular complexity index is 1180. The van der Waals surface area contributed by atoms with Gasteiger partial charge in [-0.3, -0.25) is 14.4 Å². The van der Waals surface area contributed by atoms with Gasteiger partial charge < -0.3 is 25.7 Å². The number of carbonyl (C=O) groups is 3. The zero-order valence-corrected chi connectivity index (χ0v) is 19.8. The molecule has 1 aliphatic rings. The topological polar surface area (TPSA) is 149 Å². The van der Waals surface area contributed by atoms with Crippen LogP contribution in [0.25, 0.3) is 10.9 Å². The monoisotopic (exact) mass is 470 g/mol. The number of hydrogen-bond donors (Lipinski definition) is 4. The number of carbonyl (C=O) groups excluding carboxylic acids is 3. The third-order valence-corrected chi connectivity index (χ3v) is 5.58. The Balaban J connectivity index is 1.72. The standard InChI is InChI=1S/C24H32N6O4/c1-24(2,3)12-19(22(33)28-15(13-25)10-14-6-5-8-26-20(14)31)30-21(32)18-11-16-17(29-18)7-9-27-23(16)34-4/h7,9,11,14-15,19,29H,5-6,8,10,12H2,1-4H3,(H,26,31)(H,28,33)(H,30,32)/t14-,15-,19-/m0/s1/i8D2. The van der Waals surface area contributed by atoms with Gasteiger partial charge in [-0.1, -0.05) is 20.8 Å². The highest BCUT2D eigenvalue weighted by molar-refractivity contribution is 6.01. The molecule has 0 aliphatic carbocycles. The van der Waals surface area contributed by atoms with E-state index in [4.69, 9.17) is 7.48 Å². The number of rotatable bonds is 8. The Morgan fingerprint density at radius 3 is 2.82 bits per heavy atom. The molecule has 0 spiro atoms. The van der Waals surface area contributed by atoms with Crippen LogP contribution in [0.1, 0.15) is 59.7 Å². The van der Waals surface area contributed by atoms with Crippen molar-refractivity contribution >= 4 is 28.6 Å². The first-order valence-electron chi connectivity index (χ1n) is 12.2. The summed E-state index contributed by atoms with van der Waals surface area (Å²) in [5, 5.41) is 18.0. The van der Waals surface area contributed by atoms with E-state index < -0.39 is 42.2 Å². The zero-order valence-electron chi connectivity index (χ0n) is 21.8. The van der Waals surface area contributed by atoms with Gasteiger partial charge in [-0.2, -0.15) is 5.26 Å². The van der Waals surface area contributed by atoms with Crippen LogP contribution in [0.3, 0.4) is 0 Å². The molecule has 0 radical (unpaired) electrons. The van der Waals surface area contributed by atoms with Crippen LogP contribution < -0.4 is 20.7 Å². The van der Waals surface area contributed by atoms with E-state index in [1.165, 1.54) is 7.11 Å². The lowest BCUT2D eigenvalue weighted by Gasteiger charge is -2.28. The van der Waals surface area contributed by atoms with Crippen molar-refractivity contribution in [3.63, 3.8) is 0 Å². The number of nitrogens with zero attached hydrogens (tertiary/aromatic N) is 2. The van der Waals surface area contributed by atoms with Crippen LogP contribution in [0.2, 0.25) is 0 Å². The number of amides is 3. The molecule has 0 unspecified atom stereocenters. The molecule has 1 fully saturated rings. The fraction of sp³-hybridized carbons (Fsp3) is 0.542. The molecule has 4 N–H and O–H groups in total. The lowest BCUT2D eigenvalue weighted by Crippen LogP contribution is -2.51. The summed E-state index contributed by atoms with van der Waals surface area (Å²) in [4.78, 5) is 45.6.